The third-order valence-corrected chi connectivity index (χ3v) is 3.35. The molecule has 2 fully saturated rings. The zero-order valence-corrected chi connectivity index (χ0v) is 11.0. The van der Waals surface area contributed by atoms with Gasteiger partial charge in [0.05, 0.1) is 13.2 Å². The molecule has 6 nitrogen and oxygen atoms in total. The Morgan fingerprint density at radius 1 is 1.53 bits per heavy atom. The Morgan fingerprint density at radius 2 is 2.37 bits per heavy atom. The van der Waals surface area contributed by atoms with E-state index in [4.69, 9.17) is 4.74 Å². The second-order valence-electron chi connectivity index (χ2n) is 5.09. The van der Waals surface area contributed by atoms with Gasteiger partial charge in [0.25, 0.3) is 5.91 Å². The minimum absolute atomic E-state index is 0.0140. The first kappa shape index (κ1) is 12.3. The molecule has 1 N–H and O–H groups in total. The molecule has 0 bridgehead atoms. The maximum absolute atomic E-state index is 12.0. The van der Waals surface area contributed by atoms with Crippen molar-refractivity contribution in [3.63, 3.8) is 0 Å². The molecular weight excluding hydrogens is 244 g/mol. The molecule has 0 aromatic carbocycles. The monoisotopic (exact) mass is 262 g/mol. The second kappa shape index (κ2) is 5.13. The van der Waals surface area contributed by atoms with Crippen LogP contribution in [-0.4, -0.2) is 47.7 Å². The van der Waals surface area contributed by atoms with Gasteiger partial charge >= 0.3 is 0 Å². The van der Waals surface area contributed by atoms with E-state index in [9.17, 15) is 4.79 Å². The first-order valence-corrected chi connectivity index (χ1v) is 6.69. The van der Waals surface area contributed by atoms with E-state index >= 15 is 0 Å². The smallest absolute Gasteiger partial charge is 0.251 e. The maximum Gasteiger partial charge on any atom is 0.251 e. The average Bonchev–Trinajstić information content (AvgIpc) is 3.23. The number of hydrogen-bond donors (Lipinski definition) is 1. The molecule has 6 heteroatoms. The first-order valence-electron chi connectivity index (χ1n) is 6.69. The Labute approximate surface area is 112 Å². The number of carbonyl (C=O) groups is 1. The fourth-order valence-electron chi connectivity index (χ4n) is 2.10. The van der Waals surface area contributed by atoms with Gasteiger partial charge in [0.1, 0.15) is 0 Å². The van der Waals surface area contributed by atoms with Crippen molar-refractivity contribution in [1.29, 1.82) is 0 Å². The lowest BCUT2D eigenvalue weighted by Crippen LogP contribution is -2.50. The van der Waals surface area contributed by atoms with Crippen molar-refractivity contribution in [1.82, 2.24) is 15.3 Å². The third kappa shape index (κ3) is 3.01. The van der Waals surface area contributed by atoms with Crippen LogP contribution in [0.2, 0.25) is 0 Å². The molecule has 0 radical (unpaired) electrons. The largest absolute Gasteiger partial charge is 0.365 e. The maximum atomic E-state index is 12.0. The molecule has 0 spiro atoms. The highest BCUT2D eigenvalue weighted by atomic mass is 16.5. The molecule has 1 unspecified atom stereocenters. The minimum Gasteiger partial charge on any atom is -0.365 e. The molecular formula is C13H18N4O2. The van der Waals surface area contributed by atoms with E-state index in [1.54, 1.807) is 6.20 Å². The normalized spacial score (nSPS) is 23.2. The van der Waals surface area contributed by atoms with Crippen molar-refractivity contribution in [3.8, 4) is 0 Å². The Bertz CT molecular complexity index is 475. The summed E-state index contributed by atoms with van der Waals surface area (Å²) in [6.07, 6.45) is 3.50. The first-order chi connectivity index (χ1) is 9.22. The highest BCUT2D eigenvalue weighted by Crippen LogP contribution is 2.20. The fraction of sp³-hybridized carbons (Fsp3) is 0.615. The van der Waals surface area contributed by atoms with Crippen LogP contribution in [0.5, 0.6) is 0 Å². The molecule has 2 heterocycles. The molecule has 1 saturated carbocycles. The van der Waals surface area contributed by atoms with Gasteiger partial charge in [-0.3, -0.25) is 4.79 Å². The molecule has 1 aliphatic heterocycles. The van der Waals surface area contributed by atoms with E-state index < -0.39 is 6.10 Å². The molecule has 1 amide bonds. The number of morpholine rings is 1. The van der Waals surface area contributed by atoms with Crippen molar-refractivity contribution in [2.45, 2.75) is 31.9 Å². The summed E-state index contributed by atoms with van der Waals surface area (Å²) in [6, 6.07) is 2.23. The van der Waals surface area contributed by atoms with E-state index in [0.717, 1.165) is 25.1 Å². The van der Waals surface area contributed by atoms with E-state index in [0.29, 0.717) is 25.1 Å². The number of ether oxygens (including phenoxy) is 1. The Balaban J connectivity index is 1.65. The van der Waals surface area contributed by atoms with Gasteiger partial charge in [0, 0.05) is 24.5 Å². The molecule has 102 valence electrons. The van der Waals surface area contributed by atoms with Gasteiger partial charge < -0.3 is 15.0 Å². The number of nitrogens with one attached hydrogen (secondary N) is 1. The lowest BCUT2D eigenvalue weighted by molar-refractivity contribution is -0.133. The van der Waals surface area contributed by atoms with E-state index in [1.165, 1.54) is 0 Å². The Hall–Kier alpha value is -1.69. The number of nitrogens with zero attached hydrogens (tertiary/aromatic N) is 3. The molecule has 19 heavy (non-hydrogen) atoms. The number of amides is 1. The number of anilines is 1. The van der Waals surface area contributed by atoms with Gasteiger partial charge in [-0.2, -0.15) is 0 Å². The summed E-state index contributed by atoms with van der Waals surface area (Å²) in [6.45, 7) is 3.70. The quantitative estimate of drug-likeness (QED) is 0.847. The minimum atomic E-state index is -0.418. The van der Waals surface area contributed by atoms with Gasteiger partial charge in [0.15, 0.2) is 6.10 Å². The van der Waals surface area contributed by atoms with Crippen LogP contribution >= 0.6 is 0 Å². The van der Waals surface area contributed by atoms with Gasteiger partial charge in [-0.1, -0.05) is 0 Å². The molecule has 1 aliphatic carbocycles. The molecule has 3 rings (SSSR count). The summed E-state index contributed by atoms with van der Waals surface area (Å²) in [7, 11) is 0. The summed E-state index contributed by atoms with van der Waals surface area (Å²) < 4.78 is 5.54. The fourth-order valence-corrected chi connectivity index (χ4v) is 2.10. The number of hydrogen-bond acceptors (Lipinski definition) is 5. The van der Waals surface area contributed by atoms with Crippen LogP contribution in [0.15, 0.2) is 12.3 Å². The van der Waals surface area contributed by atoms with Crippen LogP contribution in [0.4, 0.5) is 5.95 Å². The molecule has 1 aromatic rings. The van der Waals surface area contributed by atoms with Crippen molar-refractivity contribution in [2.75, 3.05) is 24.6 Å². The van der Waals surface area contributed by atoms with Gasteiger partial charge in [0.2, 0.25) is 5.95 Å². The zero-order chi connectivity index (χ0) is 13.2. The van der Waals surface area contributed by atoms with Gasteiger partial charge in [-0.15, -0.1) is 0 Å². The number of aromatic nitrogens is 2. The predicted molar refractivity (Wildman–Crippen MR) is 69.9 cm³/mol. The molecule has 1 atom stereocenters. The Morgan fingerprint density at radius 3 is 3.11 bits per heavy atom. The van der Waals surface area contributed by atoms with Crippen molar-refractivity contribution in [3.05, 3.63) is 18.0 Å². The van der Waals surface area contributed by atoms with Crippen molar-refractivity contribution in [2.24, 2.45) is 0 Å². The standard InChI is InChI=1S/C13H18N4O2/c1-9-4-5-14-13(15-9)17-6-7-19-11(8-17)12(18)16-10-2-3-10/h4-5,10-11H,2-3,6-8H2,1H3,(H,16,18). The van der Waals surface area contributed by atoms with Crippen molar-refractivity contribution < 1.29 is 9.53 Å². The lowest BCUT2D eigenvalue weighted by atomic mass is 10.2. The average molecular weight is 262 g/mol. The Kier molecular flexibility index (Phi) is 3.33. The summed E-state index contributed by atoms with van der Waals surface area (Å²) in [5.74, 6) is 0.660. The van der Waals surface area contributed by atoms with E-state index in [1.807, 2.05) is 17.9 Å². The summed E-state index contributed by atoms with van der Waals surface area (Å²) in [5.41, 5.74) is 0.926. The van der Waals surface area contributed by atoms with Gasteiger partial charge in [-0.05, 0) is 25.8 Å². The highest BCUT2D eigenvalue weighted by molar-refractivity contribution is 5.82. The number of carbonyl (C=O) groups excluding carboxylic acids is 1. The molecule has 1 aromatic heterocycles. The molecule has 2 aliphatic rings. The van der Waals surface area contributed by atoms with Crippen LogP contribution in [0.25, 0.3) is 0 Å². The summed E-state index contributed by atoms with van der Waals surface area (Å²) >= 11 is 0. The van der Waals surface area contributed by atoms with Crippen LogP contribution in [0.3, 0.4) is 0 Å². The zero-order valence-electron chi connectivity index (χ0n) is 11.0. The number of aryl methyl sites for hydroxylation is 1. The second-order valence-corrected chi connectivity index (χ2v) is 5.09. The number of rotatable bonds is 3. The van der Waals surface area contributed by atoms with Gasteiger partial charge in [-0.25, -0.2) is 9.97 Å². The lowest BCUT2D eigenvalue weighted by Gasteiger charge is -2.32. The van der Waals surface area contributed by atoms with Crippen LogP contribution in [0.1, 0.15) is 18.5 Å². The molecule has 1 saturated heterocycles. The SMILES string of the molecule is Cc1ccnc(N2CCOC(C(=O)NC3CC3)C2)n1. The van der Waals surface area contributed by atoms with E-state index in [2.05, 4.69) is 15.3 Å². The third-order valence-electron chi connectivity index (χ3n) is 3.35. The van der Waals surface area contributed by atoms with Crippen LogP contribution in [-0.2, 0) is 9.53 Å². The van der Waals surface area contributed by atoms with Crippen LogP contribution < -0.4 is 10.2 Å². The topological polar surface area (TPSA) is 67.4 Å². The van der Waals surface area contributed by atoms with Crippen molar-refractivity contribution >= 4 is 11.9 Å². The van der Waals surface area contributed by atoms with Crippen LogP contribution in [0, 0.1) is 6.92 Å². The summed E-state index contributed by atoms with van der Waals surface area (Å²) in [4.78, 5) is 22.6. The predicted octanol–water partition coefficient (Wildman–Crippen LogP) is 0.269. The van der Waals surface area contributed by atoms with E-state index in [-0.39, 0.29) is 5.91 Å². The highest BCUT2D eigenvalue weighted by Gasteiger charge is 2.31. The summed E-state index contributed by atoms with van der Waals surface area (Å²) in [5, 5.41) is 2.98.